The molecule has 0 aliphatic carbocycles. The van der Waals surface area contributed by atoms with Crippen molar-refractivity contribution in [3.05, 3.63) is 58.9 Å². The number of halogens is 2. The van der Waals surface area contributed by atoms with Crippen LogP contribution in [0.15, 0.2) is 42.5 Å². The molecule has 0 bridgehead atoms. The molecule has 0 atom stereocenters. The Morgan fingerprint density at radius 3 is 2.41 bits per heavy atom. The van der Waals surface area contributed by atoms with Crippen LogP contribution in [0.1, 0.15) is 5.56 Å². The molecule has 0 spiro atoms. The summed E-state index contributed by atoms with van der Waals surface area (Å²) in [6.07, 6.45) is 0. The van der Waals surface area contributed by atoms with Gasteiger partial charge in [0, 0.05) is 23.7 Å². The molecule has 2 aromatic carbocycles. The second-order valence-corrected chi connectivity index (χ2v) is 5.37. The Kier molecular flexibility index (Phi) is 6.04. The minimum absolute atomic E-state index is 0.282. The van der Waals surface area contributed by atoms with Crippen molar-refractivity contribution in [2.75, 3.05) is 27.3 Å². The van der Waals surface area contributed by atoms with Gasteiger partial charge in [-0.15, -0.1) is 0 Å². The highest BCUT2D eigenvalue weighted by Crippen LogP contribution is 2.20. The first-order valence-corrected chi connectivity index (χ1v) is 7.36. The normalized spacial score (nSPS) is 10.8. The van der Waals surface area contributed by atoms with Gasteiger partial charge in [0.2, 0.25) is 0 Å². The van der Waals surface area contributed by atoms with Gasteiger partial charge < -0.3 is 9.47 Å². The van der Waals surface area contributed by atoms with Gasteiger partial charge in [-0.2, -0.15) is 0 Å². The molecule has 2 rings (SSSR count). The molecule has 3 nitrogen and oxygen atoms in total. The minimum atomic E-state index is -0.282. The van der Waals surface area contributed by atoms with E-state index in [1.807, 2.05) is 36.2 Å². The summed E-state index contributed by atoms with van der Waals surface area (Å²) in [4.78, 5) is 1.97. The van der Waals surface area contributed by atoms with Gasteiger partial charge in [-0.1, -0.05) is 17.7 Å². The van der Waals surface area contributed by atoms with E-state index in [2.05, 4.69) is 0 Å². The van der Waals surface area contributed by atoms with E-state index in [4.69, 9.17) is 21.1 Å². The Balaban J connectivity index is 1.81. The van der Waals surface area contributed by atoms with Crippen molar-refractivity contribution in [3.63, 3.8) is 0 Å². The first kappa shape index (κ1) is 16.6. The SMILES string of the molecule is COc1ccc(OCCN(C)Cc2c(F)cccc2Cl)cc1. The molecule has 0 amide bonds. The fraction of sp³-hybridized carbons (Fsp3) is 0.294. The standard InChI is InChI=1S/C17H19ClFNO2/c1-20(12-15-16(18)4-3-5-17(15)19)10-11-22-14-8-6-13(21-2)7-9-14/h3-9H,10-12H2,1-2H3. The van der Waals surface area contributed by atoms with Crippen LogP contribution in [-0.2, 0) is 6.54 Å². The molecule has 0 radical (unpaired) electrons. The number of methoxy groups -OCH3 is 1. The second kappa shape index (κ2) is 8.01. The zero-order valence-corrected chi connectivity index (χ0v) is 13.4. The van der Waals surface area contributed by atoms with E-state index < -0.39 is 0 Å². The van der Waals surface area contributed by atoms with Crippen molar-refractivity contribution < 1.29 is 13.9 Å². The third kappa shape index (κ3) is 4.61. The lowest BCUT2D eigenvalue weighted by Crippen LogP contribution is -2.24. The molecular weight excluding hydrogens is 305 g/mol. The van der Waals surface area contributed by atoms with Gasteiger partial charge >= 0.3 is 0 Å². The van der Waals surface area contributed by atoms with E-state index in [9.17, 15) is 4.39 Å². The van der Waals surface area contributed by atoms with Crippen LogP contribution in [0.3, 0.4) is 0 Å². The van der Waals surface area contributed by atoms with Crippen LogP contribution in [0.4, 0.5) is 4.39 Å². The van der Waals surface area contributed by atoms with Crippen molar-refractivity contribution in [2.45, 2.75) is 6.54 Å². The monoisotopic (exact) mass is 323 g/mol. The summed E-state index contributed by atoms with van der Waals surface area (Å²) < 4.78 is 24.5. The molecule has 22 heavy (non-hydrogen) atoms. The number of rotatable bonds is 7. The molecule has 0 aliphatic heterocycles. The molecule has 0 aliphatic rings. The summed E-state index contributed by atoms with van der Waals surface area (Å²) in [5, 5.41) is 0.447. The van der Waals surface area contributed by atoms with E-state index in [-0.39, 0.29) is 5.82 Å². The molecule has 2 aromatic rings. The van der Waals surface area contributed by atoms with E-state index in [1.165, 1.54) is 6.07 Å². The molecule has 0 unspecified atom stereocenters. The smallest absolute Gasteiger partial charge is 0.129 e. The highest BCUT2D eigenvalue weighted by Gasteiger charge is 2.09. The average Bonchev–Trinajstić information content (AvgIpc) is 2.52. The summed E-state index contributed by atoms with van der Waals surface area (Å²) in [5.74, 6) is 1.28. The van der Waals surface area contributed by atoms with Crippen LogP contribution in [0, 0.1) is 5.82 Å². The molecule has 0 N–H and O–H groups in total. The molecule has 118 valence electrons. The average molecular weight is 324 g/mol. The second-order valence-electron chi connectivity index (χ2n) is 4.96. The summed E-state index contributed by atoms with van der Waals surface area (Å²) in [7, 11) is 3.53. The van der Waals surface area contributed by atoms with Crippen LogP contribution < -0.4 is 9.47 Å². The lowest BCUT2D eigenvalue weighted by Gasteiger charge is -2.18. The number of likely N-dealkylation sites (N-methyl/N-ethyl adjacent to an activating group) is 1. The zero-order valence-electron chi connectivity index (χ0n) is 12.7. The lowest BCUT2D eigenvalue weighted by atomic mass is 10.2. The minimum Gasteiger partial charge on any atom is -0.497 e. The highest BCUT2D eigenvalue weighted by atomic mass is 35.5. The molecule has 0 fully saturated rings. The Morgan fingerprint density at radius 1 is 1.09 bits per heavy atom. The lowest BCUT2D eigenvalue weighted by molar-refractivity contribution is 0.231. The number of nitrogens with zero attached hydrogens (tertiary/aromatic N) is 1. The van der Waals surface area contributed by atoms with Gasteiger partial charge in [0.15, 0.2) is 0 Å². The van der Waals surface area contributed by atoms with Crippen LogP contribution in [-0.4, -0.2) is 32.2 Å². The summed E-state index contributed by atoms with van der Waals surface area (Å²) >= 11 is 6.02. The topological polar surface area (TPSA) is 21.7 Å². The van der Waals surface area contributed by atoms with Gasteiger partial charge in [-0.3, -0.25) is 4.90 Å². The maximum atomic E-state index is 13.7. The van der Waals surface area contributed by atoms with E-state index in [0.717, 1.165) is 11.5 Å². The van der Waals surface area contributed by atoms with Gasteiger partial charge in [0.25, 0.3) is 0 Å². The van der Waals surface area contributed by atoms with E-state index in [1.54, 1.807) is 19.2 Å². The number of hydrogen-bond donors (Lipinski definition) is 0. The molecular formula is C17H19ClFNO2. The predicted molar refractivity (Wildman–Crippen MR) is 86.2 cm³/mol. The molecule has 5 heteroatoms. The van der Waals surface area contributed by atoms with Gasteiger partial charge in [-0.05, 0) is 43.4 Å². The first-order valence-electron chi connectivity index (χ1n) is 6.98. The number of ether oxygens (including phenoxy) is 2. The molecule has 0 heterocycles. The largest absolute Gasteiger partial charge is 0.497 e. The number of hydrogen-bond acceptors (Lipinski definition) is 3. The third-order valence-electron chi connectivity index (χ3n) is 3.29. The molecule has 0 aromatic heterocycles. The van der Waals surface area contributed by atoms with Crippen molar-refractivity contribution in [2.24, 2.45) is 0 Å². The number of benzene rings is 2. The fourth-order valence-electron chi connectivity index (χ4n) is 2.02. The highest BCUT2D eigenvalue weighted by molar-refractivity contribution is 6.31. The Morgan fingerprint density at radius 2 is 1.77 bits per heavy atom. The maximum absolute atomic E-state index is 13.7. The van der Waals surface area contributed by atoms with Crippen molar-refractivity contribution in [1.29, 1.82) is 0 Å². The predicted octanol–water partition coefficient (Wildman–Crippen LogP) is 4.00. The van der Waals surface area contributed by atoms with Gasteiger partial charge in [0.1, 0.15) is 23.9 Å². The van der Waals surface area contributed by atoms with Crippen molar-refractivity contribution in [1.82, 2.24) is 4.90 Å². The van der Waals surface area contributed by atoms with E-state index >= 15 is 0 Å². The zero-order chi connectivity index (χ0) is 15.9. The van der Waals surface area contributed by atoms with Gasteiger partial charge in [0.05, 0.1) is 7.11 Å². The van der Waals surface area contributed by atoms with Crippen molar-refractivity contribution in [3.8, 4) is 11.5 Å². The summed E-state index contributed by atoms with van der Waals surface area (Å²) in [6.45, 7) is 1.61. The van der Waals surface area contributed by atoms with Gasteiger partial charge in [-0.25, -0.2) is 4.39 Å². The third-order valence-corrected chi connectivity index (χ3v) is 3.65. The van der Waals surface area contributed by atoms with Crippen molar-refractivity contribution >= 4 is 11.6 Å². The summed E-state index contributed by atoms with van der Waals surface area (Å²) in [5.41, 5.74) is 0.510. The van der Waals surface area contributed by atoms with Crippen LogP contribution in [0.2, 0.25) is 5.02 Å². The Hall–Kier alpha value is -1.78. The summed E-state index contributed by atoms with van der Waals surface area (Å²) in [6, 6.07) is 12.1. The van der Waals surface area contributed by atoms with Crippen LogP contribution in [0.5, 0.6) is 11.5 Å². The van der Waals surface area contributed by atoms with E-state index in [0.29, 0.717) is 30.3 Å². The maximum Gasteiger partial charge on any atom is 0.129 e. The fourth-order valence-corrected chi connectivity index (χ4v) is 2.25. The Bertz CT molecular complexity index is 584. The Labute approximate surface area is 135 Å². The quantitative estimate of drug-likeness (QED) is 0.768. The van der Waals surface area contributed by atoms with Crippen LogP contribution in [0.25, 0.3) is 0 Å². The first-order chi connectivity index (χ1) is 10.6. The molecule has 0 saturated carbocycles. The van der Waals surface area contributed by atoms with Crippen LogP contribution >= 0.6 is 11.6 Å². The molecule has 0 saturated heterocycles.